The van der Waals surface area contributed by atoms with Crippen LogP contribution in [-0.2, 0) is 0 Å². The van der Waals surface area contributed by atoms with Crippen LogP contribution in [0.25, 0.3) is 0 Å². The fourth-order valence-corrected chi connectivity index (χ4v) is 1.14. The predicted octanol–water partition coefficient (Wildman–Crippen LogP) is 0.443. The summed E-state index contributed by atoms with van der Waals surface area (Å²) in [4.78, 5) is 11.2. The van der Waals surface area contributed by atoms with E-state index < -0.39 is 6.29 Å². The molecule has 1 amide bonds. The number of aromatic nitrogens is 2. The maximum Gasteiger partial charge on any atom is 0.346 e. The van der Waals surface area contributed by atoms with Crippen LogP contribution in [0, 0.1) is 6.92 Å². The van der Waals surface area contributed by atoms with Gasteiger partial charge in [0, 0.05) is 5.56 Å². The summed E-state index contributed by atoms with van der Waals surface area (Å²) < 4.78 is 1.25. The van der Waals surface area contributed by atoms with Crippen molar-refractivity contribution < 1.29 is 4.79 Å². The zero-order valence-electron chi connectivity index (χ0n) is 8.53. The molecular weight excluding hydrogens is 182 g/mol. The van der Waals surface area contributed by atoms with E-state index in [9.17, 15) is 4.79 Å². The Hall–Kier alpha value is -1.56. The summed E-state index contributed by atoms with van der Waals surface area (Å²) in [5, 5.41) is 9.22. The van der Waals surface area contributed by atoms with E-state index in [2.05, 4.69) is 15.7 Å². The van der Waals surface area contributed by atoms with E-state index in [1.54, 1.807) is 6.20 Å². The minimum atomic E-state index is -0.527. The lowest BCUT2D eigenvalue weighted by atomic mass is 10.3. The highest BCUT2D eigenvalue weighted by atomic mass is 16.2. The average molecular weight is 197 g/mol. The Morgan fingerprint density at radius 2 is 2.14 bits per heavy atom. The van der Waals surface area contributed by atoms with Gasteiger partial charge in [0.15, 0.2) is 6.29 Å². The van der Waals surface area contributed by atoms with Gasteiger partial charge in [0.2, 0.25) is 0 Å². The van der Waals surface area contributed by atoms with Crippen LogP contribution < -0.4 is 16.4 Å². The number of hydrogen-bond donors (Lipinski definition) is 3. The molecular formula is C8H15N5O. The third-order valence-electron chi connectivity index (χ3n) is 1.72. The molecule has 14 heavy (non-hydrogen) atoms. The van der Waals surface area contributed by atoms with Crippen LogP contribution in [-0.4, -0.2) is 22.1 Å². The van der Waals surface area contributed by atoms with Crippen molar-refractivity contribution >= 4 is 11.8 Å². The lowest BCUT2D eigenvalue weighted by Crippen LogP contribution is -2.53. The van der Waals surface area contributed by atoms with E-state index in [1.807, 2.05) is 20.8 Å². The fourth-order valence-electron chi connectivity index (χ4n) is 1.14. The Morgan fingerprint density at radius 1 is 1.50 bits per heavy atom. The van der Waals surface area contributed by atoms with Crippen LogP contribution in [0.4, 0.5) is 10.6 Å². The number of amides is 1. The van der Waals surface area contributed by atoms with Gasteiger partial charge in [0.1, 0.15) is 5.82 Å². The van der Waals surface area contributed by atoms with E-state index in [0.717, 1.165) is 5.56 Å². The van der Waals surface area contributed by atoms with Crippen molar-refractivity contribution in [2.24, 2.45) is 5.73 Å². The summed E-state index contributed by atoms with van der Waals surface area (Å²) in [7, 11) is 0. The second kappa shape index (κ2) is 4.10. The van der Waals surface area contributed by atoms with Crippen LogP contribution in [0.15, 0.2) is 6.20 Å². The van der Waals surface area contributed by atoms with Gasteiger partial charge in [-0.2, -0.15) is 9.78 Å². The third-order valence-corrected chi connectivity index (χ3v) is 1.72. The maximum absolute atomic E-state index is 11.2. The minimum Gasteiger partial charge on any atom is -0.337 e. The van der Waals surface area contributed by atoms with Crippen LogP contribution in [0.1, 0.15) is 19.4 Å². The second-order valence-corrected chi connectivity index (χ2v) is 2.66. The van der Waals surface area contributed by atoms with Gasteiger partial charge in [0.25, 0.3) is 0 Å². The molecule has 1 aromatic heterocycles. The standard InChI is InChI=1S/C6H9N5O.C2H6/c1-3-2-8-11-4(3)9-5(7)10-6(11)12;1-2/h2,5,9H,7H2,1H3,(H,10,12);1-2H3. The molecule has 1 atom stereocenters. The Balaban J connectivity index is 0.000000461. The molecule has 0 radical (unpaired) electrons. The number of nitrogens with zero attached hydrogens (tertiary/aromatic N) is 2. The topological polar surface area (TPSA) is 85.0 Å². The van der Waals surface area contributed by atoms with Gasteiger partial charge in [-0.05, 0) is 6.92 Å². The number of rotatable bonds is 0. The van der Waals surface area contributed by atoms with E-state index in [1.165, 1.54) is 4.68 Å². The highest BCUT2D eigenvalue weighted by Gasteiger charge is 2.22. The molecule has 1 aliphatic rings. The SMILES string of the molecule is CC.Cc1cnn2c1NC(N)NC2=O. The lowest BCUT2D eigenvalue weighted by Gasteiger charge is -2.22. The smallest absolute Gasteiger partial charge is 0.337 e. The molecule has 0 saturated heterocycles. The first-order chi connectivity index (χ1) is 6.68. The Bertz CT molecular complexity index is 332. The van der Waals surface area contributed by atoms with Crippen molar-refractivity contribution in [3.63, 3.8) is 0 Å². The van der Waals surface area contributed by atoms with Gasteiger partial charge in [-0.3, -0.25) is 5.73 Å². The summed E-state index contributed by atoms with van der Waals surface area (Å²) >= 11 is 0. The molecule has 78 valence electrons. The molecule has 1 aliphatic heterocycles. The molecule has 2 heterocycles. The zero-order valence-corrected chi connectivity index (χ0v) is 8.53. The molecule has 0 spiro atoms. The summed E-state index contributed by atoms with van der Waals surface area (Å²) in [6, 6.07) is -0.302. The van der Waals surface area contributed by atoms with E-state index in [0.29, 0.717) is 5.82 Å². The first kappa shape index (κ1) is 10.5. The molecule has 6 nitrogen and oxygen atoms in total. The minimum absolute atomic E-state index is 0.302. The number of carbonyl (C=O) groups is 1. The Kier molecular flexibility index (Phi) is 3.08. The van der Waals surface area contributed by atoms with Gasteiger partial charge in [0.05, 0.1) is 6.20 Å². The number of fused-ring (bicyclic) bond motifs is 1. The number of hydrogen-bond acceptors (Lipinski definition) is 4. The van der Waals surface area contributed by atoms with Gasteiger partial charge in [-0.1, -0.05) is 13.8 Å². The van der Waals surface area contributed by atoms with Gasteiger partial charge in [-0.15, -0.1) is 0 Å². The number of carbonyl (C=O) groups excluding carboxylic acids is 1. The summed E-state index contributed by atoms with van der Waals surface area (Å²) in [5.74, 6) is 0.659. The van der Waals surface area contributed by atoms with Crippen LogP contribution in [0.5, 0.6) is 0 Å². The molecule has 0 fully saturated rings. The highest BCUT2D eigenvalue weighted by molar-refractivity contribution is 5.82. The largest absolute Gasteiger partial charge is 0.346 e. The number of aryl methyl sites for hydroxylation is 1. The van der Waals surface area contributed by atoms with Crippen LogP contribution in [0.2, 0.25) is 0 Å². The molecule has 0 bridgehead atoms. The predicted molar refractivity (Wildman–Crippen MR) is 53.8 cm³/mol. The normalized spacial score (nSPS) is 18.6. The van der Waals surface area contributed by atoms with Crippen LogP contribution >= 0.6 is 0 Å². The molecule has 4 N–H and O–H groups in total. The lowest BCUT2D eigenvalue weighted by molar-refractivity contribution is 0.235. The van der Waals surface area contributed by atoms with Crippen molar-refractivity contribution in [2.45, 2.75) is 27.1 Å². The first-order valence-electron chi connectivity index (χ1n) is 4.56. The number of nitrogens with one attached hydrogen (secondary N) is 2. The molecule has 2 rings (SSSR count). The number of anilines is 1. The van der Waals surface area contributed by atoms with E-state index in [-0.39, 0.29) is 6.03 Å². The number of nitrogens with two attached hydrogens (primary N) is 1. The first-order valence-corrected chi connectivity index (χ1v) is 4.56. The summed E-state index contributed by atoms with van der Waals surface area (Å²) in [6.07, 6.45) is 1.08. The summed E-state index contributed by atoms with van der Waals surface area (Å²) in [5.41, 5.74) is 6.39. The molecule has 1 unspecified atom stereocenters. The Morgan fingerprint density at radius 3 is 2.79 bits per heavy atom. The molecule has 0 saturated carbocycles. The molecule has 6 heteroatoms. The molecule has 0 aliphatic carbocycles. The van der Waals surface area contributed by atoms with Gasteiger partial charge >= 0.3 is 6.03 Å². The highest BCUT2D eigenvalue weighted by Crippen LogP contribution is 2.15. The second-order valence-electron chi connectivity index (χ2n) is 2.66. The molecule has 1 aromatic rings. The van der Waals surface area contributed by atoms with Crippen molar-refractivity contribution in [3.8, 4) is 0 Å². The average Bonchev–Trinajstić information content (AvgIpc) is 2.52. The van der Waals surface area contributed by atoms with E-state index >= 15 is 0 Å². The van der Waals surface area contributed by atoms with E-state index in [4.69, 9.17) is 5.73 Å². The zero-order chi connectivity index (χ0) is 10.7. The Labute approximate surface area is 82.5 Å². The third kappa shape index (κ3) is 1.69. The van der Waals surface area contributed by atoms with Crippen molar-refractivity contribution in [1.29, 1.82) is 0 Å². The summed E-state index contributed by atoms with van der Waals surface area (Å²) in [6.45, 7) is 5.86. The van der Waals surface area contributed by atoms with Gasteiger partial charge in [-0.25, -0.2) is 4.79 Å². The van der Waals surface area contributed by atoms with Crippen LogP contribution in [0.3, 0.4) is 0 Å². The quantitative estimate of drug-likeness (QED) is 0.563. The van der Waals surface area contributed by atoms with Crippen molar-refractivity contribution in [1.82, 2.24) is 15.1 Å². The van der Waals surface area contributed by atoms with Crippen molar-refractivity contribution in [2.75, 3.05) is 5.32 Å². The fraction of sp³-hybridized carbons (Fsp3) is 0.500. The monoisotopic (exact) mass is 197 g/mol. The maximum atomic E-state index is 11.2. The van der Waals surface area contributed by atoms with Gasteiger partial charge < -0.3 is 10.6 Å². The molecule has 0 aromatic carbocycles. The van der Waals surface area contributed by atoms with Crippen molar-refractivity contribution in [3.05, 3.63) is 11.8 Å².